The molecular weight excluding hydrogens is 202 g/mol. The second kappa shape index (κ2) is 4.54. The van der Waals surface area contributed by atoms with E-state index in [4.69, 9.17) is 0 Å². The Balaban J connectivity index is 3.17. The molecule has 0 aliphatic heterocycles. The van der Waals surface area contributed by atoms with Crippen molar-refractivity contribution in [3.8, 4) is 0 Å². The van der Waals surface area contributed by atoms with Gasteiger partial charge in [0.2, 0.25) is 0 Å². The second-order valence-corrected chi connectivity index (χ2v) is 2.84. The van der Waals surface area contributed by atoms with E-state index in [1.165, 1.54) is 11.7 Å². The van der Waals surface area contributed by atoms with Crippen molar-refractivity contribution in [2.75, 3.05) is 7.11 Å². The van der Waals surface area contributed by atoms with Crippen LogP contribution in [0.1, 0.15) is 24.0 Å². The Hall–Kier alpha value is -1.92. The van der Waals surface area contributed by atoms with E-state index in [0.29, 0.717) is 13.0 Å². The van der Waals surface area contributed by atoms with Crippen LogP contribution in [0.15, 0.2) is 6.20 Å². The summed E-state index contributed by atoms with van der Waals surface area (Å²) in [6.45, 7) is 2.21. The minimum absolute atomic E-state index is 0.0361. The van der Waals surface area contributed by atoms with E-state index in [1.54, 1.807) is 0 Å². The van der Waals surface area contributed by atoms with Crippen molar-refractivity contribution in [1.29, 1.82) is 0 Å². The van der Waals surface area contributed by atoms with Crippen LogP contribution in [0, 0.1) is 10.1 Å². The van der Waals surface area contributed by atoms with Crippen LogP contribution in [0.4, 0.5) is 5.82 Å². The first-order valence-corrected chi connectivity index (χ1v) is 4.40. The van der Waals surface area contributed by atoms with Crippen molar-refractivity contribution in [2.24, 2.45) is 0 Å². The normalized spacial score (nSPS) is 10.0. The minimum atomic E-state index is -0.670. The quantitative estimate of drug-likeness (QED) is 0.422. The standard InChI is InChI=1S/C8H11N3O4/c1-3-4-10-6(11(13)14)5-9-7(10)8(12)15-2/h5H,3-4H2,1-2H3. The predicted octanol–water partition coefficient (Wildman–Crippen LogP) is 0.988. The molecule has 0 aliphatic rings. The second-order valence-electron chi connectivity index (χ2n) is 2.84. The third kappa shape index (κ3) is 2.12. The van der Waals surface area contributed by atoms with E-state index < -0.39 is 10.9 Å². The van der Waals surface area contributed by atoms with Crippen LogP contribution in [0.5, 0.6) is 0 Å². The smallest absolute Gasteiger partial charge is 0.398 e. The molecule has 0 amide bonds. The lowest BCUT2D eigenvalue weighted by Gasteiger charge is -2.01. The molecule has 7 nitrogen and oxygen atoms in total. The predicted molar refractivity (Wildman–Crippen MR) is 50.5 cm³/mol. The molecule has 1 aromatic heterocycles. The maximum atomic E-state index is 11.2. The zero-order chi connectivity index (χ0) is 11.4. The first-order valence-electron chi connectivity index (χ1n) is 4.40. The highest BCUT2D eigenvalue weighted by Gasteiger charge is 2.25. The number of esters is 1. The van der Waals surface area contributed by atoms with Gasteiger partial charge in [0.15, 0.2) is 0 Å². The van der Waals surface area contributed by atoms with Gasteiger partial charge in [-0.1, -0.05) is 6.92 Å². The monoisotopic (exact) mass is 213 g/mol. The molecule has 1 heterocycles. The summed E-state index contributed by atoms with van der Waals surface area (Å²) >= 11 is 0. The summed E-state index contributed by atoms with van der Waals surface area (Å²) in [6, 6.07) is 0. The van der Waals surface area contributed by atoms with Crippen LogP contribution in [-0.4, -0.2) is 27.6 Å². The highest BCUT2D eigenvalue weighted by Crippen LogP contribution is 2.15. The van der Waals surface area contributed by atoms with Gasteiger partial charge < -0.3 is 14.9 Å². The van der Waals surface area contributed by atoms with Gasteiger partial charge in [-0.2, -0.15) is 0 Å². The summed E-state index contributed by atoms with van der Waals surface area (Å²) in [6.07, 6.45) is 1.73. The Bertz CT molecular complexity index is 385. The van der Waals surface area contributed by atoms with Gasteiger partial charge in [-0.15, -0.1) is 0 Å². The molecule has 1 aromatic rings. The van der Waals surface area contributed by atoms with E-state index in [-0.39, 0.29) is 11.6 Å². The van der Waals surface area contributed by atoms with Crippen molar-refractivity contribution in [1.82, 2.24) is 9.55 Å². The molecular formula is C8H11N3O4. The fraction of sp³-hybridized carbons (Fsp3) is 0.500. The molecule has 0 bridgehead atoms. The Labute approximate surface area is 85.8 Å². The number of nitrogens with zero attached hydrogens (tertiary/aromatic N) is 3. The SMILES string of the molecule is CCCn1c([N+](=O)[O-])cnc1C(=O)OC. The molecule has 0 aromatic carbocycles. The van der Waals surface area contributed by atoms with Crippen molar-refractivity contribution >= 4 is 11.8 Å². The van der Waals surface area contributed by atoms with Crippen molar-refractivity contribution < 1.29 is 14.5 Å². The number of hydrogen-bond donors (Lipinski definition) is 0. The number of nitro groups is 1. The average molecular weight is 213 g/mol. The maximum absolute atomic E-state index is 11.2. The largest absolute Gasteiger partial charge is 0.462 e. The van der Waals surface area contributed by atoms with Crippen LogP contribution in [0.3, 0.4) is 0 Å². The molecule has 0 unspecified atom stereocenters. The maximum Gasteiger partial charge on any atom is 0.398 e. The van der Waals surface area contributed by atoms with E-state index >= 15 is 0 Å². The van der Waals surface area contributed by atoms with E-state index in [2.05, 4.69) is 9.72 Å². The van der Waals surface area contributed by atoms with Gasteiger partial charge in [0, 0.05) is 0 Å². The molecule has 7 heteroatoms. The Morgan fingerprint density at radius 2 is 2.40 bits per heavy atom. The van der Waals surface area contributed by atoms with Crippen LogP contribution >= 0.6 is 0 Å². The number of ether oxygens (including phenoxy) is 1. The van der Waals surface area contributed by atoms with Crippen molar-refractivity contribution in [3.05, 3.63) is 22.1 Å². The Morgan fingerprint density at radius 3 is 2.87 bits per heavy atom. The topological polar surface area (TPSA) is 87.3 Å². The van der Waals surface area contributed by atoms with Gasteiger partial charge in [0.1, 0.15) is 6.20 Å². The molecule has 82 valence electrons. The van der Waals surface area contributed by atoms with E-state index in [9.17, 15) is 14.9 Å². The number of rotatable bonds is 4. The van der Waals surface area contributed by atoms with Crippen LogP contribution < -0.4 is 0 Å². The molecule has 0 N–H and O–H groups in total. The highest BCUT2D eigenvalue weighted by atomic mass is 16.6. The van der Waals surface area contributed by atoms with E-state index in [1.807, 2.05) is 6.92 Å². The summed E-state index contributed by atoms with van der Waals surface area (Å²) in [5, 5.41) is 10.6. The minimum Gasteiger partial charge on any atom is -0.462 e. The molecule has 0 fully saturated rings. The molecule has 0 spiro atoms. The van der Waals surface area contributed by atoms with Gasteiger partial charge in [0.25, 0.3) is 0 Å². The number of aromatic nitrogens is 2. The molecule has 0 atom stereocenters. The first kappa shape index (κ1) is 11.2. The summed E-state index contributed by atoms with van der Waals surface area (Å²) in [4.78, 5) is 24.9. The number of carbonyl (C=O) groups excluding carboxylic acids is 1. The van der Waals surface area contributed by atoms with Crippen LogP contribution in [0.25, 0.3) is 0 Å². The summed E-state index contributed by atoms with van der Waals surface area (Å²) in [7, 11) is 1.21. The molecule has 0 saturated carbocycles. The van der Waals surface area contributed by atoms with Crippen LogP contribution in [-0.2, 0) is 11.3 Å². The lowest BCUT2D eigenvalue weighted by molar-refractivity contribution is -0.392. The number of carbonyl (C=O) groups is 1. The molecule has 0 saturated heterocycles. The Kier molecular flexibility index (Phi) is 3.37. The van der Waals surface area contributed by atoms with Crippen LogP contribution in [0.2, 0.25) is 0 Å². The molecule has 0 radical (unpaired) electrons. The summed E-state index contributed by atoms with van der Waals surface area (Å²) < 4.78 is 5.71. The van der Waals surface area contributed by atoms with Gasteiger partial charge in [-0.05, 0) is 11.3 Å². The highest BCUT2D eigenvalue weighted by molar-refractivity contribution is 5.85. The summed E-state index contributed by atoms with van der Waals surface area (Å²) in [5.74, 6) is -0.903. The number of hydrogen-bond acceptors (Lipinski definition) is 5. The molecule has 1 rings (SSSR count). The lowest BCUT2D eigenvalue weighted by Crippen LogP contribution is -2.13. The number of methoxy groups -OCH3 is 1. The fourth-order valence-corrected chi connectivity index (χ4v) is 1.21. The third-order valence-electron chi connectivity index (χ3n) is 1.84. The zero-order valence-electron chi connectivity index (χ0n) is 8.47. The third-order valence-corrected chi connectivity index (χ3v) is 1.84. The summed E-state index contributed by atoms with van der Waals surface area (Å²) in [5.41, 5.74) is 0. The lowest BCUT2D eigenvalue weighted by atomic mass is 10.4. The Morgan fingerprint density at radius 1 is 1.73 bits per heavy atom. The van der Waals surface area contributed by atoms with Gasteiger partial charge in [-0.3, -0.25) is 0 Å². The fourth-order valence-electron chi connectivity index (χ4n) is 1.21. The van der Waals surface area contributed by atoms with Crippen molar-refractivity contribution in [3.63, 3.8) is 0 Å². The molecule has 0 aliphatic carbocycles. The average Bonchev–Trinajstić information content (AvgIpc) is 2.61. The zero-order valence-corrected chi connectivity index (χ0v) is 8.47. The molecule has 15 heavy (non-hydrogen) atoms. The first-order chi connectivity index (χ1) is 7.11. The van der Waals surface area contributed by atoms with E-state index in [0.717, 1.165) is 6.20 Å². The number of imidazole rings is 1. The van der Waals surface area contributed by atoms with Gasteiger partial charge in [0.05, 0.1) is 13.7 Å². The van der Waals surface area contributed by atoms with Gasteiger partial charge in [-0.25, -0.2) is 14.3 Å². The van der Waals surface area contributed by atoms with Gasteiger partial charge >= 0.3 is 17.6 Å². The van der Waals surface area contributed by atoms with Crippen molar-refractivity contribution in [2.45, 2.75) is 19.9 Å².